The van der Waals surface area contributed by atoms with Crippen molar-refractivity contribution in [1.82, 2.24) is 9.80 Å². The number of hydrogen-bond acceptors (Lipinski definition) is 4. The minimum atomic E-state index is -0.132. The standard InChI is InChI=1S/C15H27N3O2/c1-11(2)14(15(19)17(5)8-6-7-16)18-9-12(3)20-13(4)10-18/h11-14H,6,8-10H2,1-5H3/t12-,13-,14-/m1/s1. The molecule has 3 atom stereocenters. The normalized spacial score (nSPS) is 25.2. The van der Waals surface area contributed by atoms with E-state index in [9.17, 15) is 4.79 Å². The first-order valence-electron chi connectivity index (χ1n) is 7.38. The summed E-state index contributed by atoms with van der Waals surface area (Å²) in [4.78, 5) is 16.5. The number of nitriles is 1. The van der Waals surface area contributed by atoms with Gasteiger partial charge in [-0.1, -0.05) is 13.8 Å². The van der Waals surface area contributed by atoms with Gasteiger partial charge in [-0.05, 0) is 19.8 Å². The summed E-state index contributed by atoms with van der Waals surface area (Å²) in [7, 11) is 1.78. The number of nitrogens with zero attached hydrogens (tertiary/aromatic N) is 3. The molecule has 0 N–H and O–H groups in total. The molecule has 5 nitrogen and oxygen atoms in total. The molecule has 1 fully saturated rings. The predicted molar refractivity (Wildman–Crippen MR) is 78.1 cm³/mol. The summed E-state index contributed by atoms with van der Waals surface area (Å²) in [5, 5.41) is 8.65. The second kappa shape index (κ2) is 7.61. The van der Waals surface area contributed by atoms with E-state index in [4.69, 9.17) is 10.00 Å². The van der Waals surface area contributed by atoms with Gasteiger partial charge in [0.2, 0.25) is 5.91 Å². The minimum absolute atomic E-state index is 0.108. The van der Waals surface area contributed by atoms with Crippen molar-refractivity contribution in [3.05, 3.63) is 0 Å². The summed E-state index contributed by atoms with van der Waals surface area (Å²) in [6.07, 6.45) is 0.678. The van der Waals surface area contributed by atoms with Gasteiger partial charge in [-0.3, -0.25) is 9.69 Å². The van der Waals surface area contributed by atoms with Gasteiger partial charge in [0.25, 0.3) is 0 Å². The number of carbonyl (C=O) groups excluding carboxylic acids is 1. The van der Waals surface area contributed by atoms with E-state index in [2.05, 4.69) is 24.8 Å². The second-order valence-electron chi connectivity index (χ2n) is 6.07. The van der Waals surface area contributed by atoms with E-state index >= 15 is 0 Å². The zero-order valence-corrected chi connectivity index (χ0v) is 13.3. The van der Waals surface area contributed by atoms with E-state index in [0.717, 1.165) is 13.1 Å². The van der Waals surface area contributed by atoms with E-state index in [-0.39, 0.29) is 30.1 Å². The molecule has 114 valence electrons. The van der Waals surface area contributed by atoms with Crippen molar-refractivity contribution in [2.24, 2.45) is 5.92 Å². The van der Waals surface area contributed by atoms with Crippen molar-refractivity contribution in [2.45, 2.75) is 52.4 Å². The molecule has 0 saturated carbocycles. The highest BCUT2D eigenvalue weighted by Gasteiger charge is 2.35. The Bertz CT molecular complexity index is 355. The Labute approximate surface area is 122 Å². The van der Waals surface area contributed by atoms with Crippen LogP contribution in [0, 0.1) is 17.2 Å². The highest BCUT2D eigenvalue weighted by molar-refractivity contribution is 5.82. The molecule has 0 radical (unpaired) electrons. The molecule has 1 aliphatic rings. The van der Waals surface area contributed by atoms with Crippen LogP contribution in [0.15, 0.2) is 0 Å². The van der Waals surface area contributed by atoms with E-state index in [1.165, 1.54) is 0 Å². The highest BCUT2D eigenvalue weighted by Crippen LogP contribution is 2.20. The average Bonchev–Trinajstić information content (AvgIpc) is 2.34. The lowest BCUT2D eigenvalue weighted by Crippen LogP contribution is -2.57. The molecule has 0 bridgehead atoms. The molecule has 5 heteroatoms. The third-order valence-corrected chi connectivity index (χ3v) is 3.66. The molecule has 0 aromatic heterocycles. The molecule has 20 heavy (non-hydrogen) atoms. The van der Waals surface area contributed by atoms with Gasteiger partial charge in [-0.25, -0.2) is 0 Å². The molecule has 1 heterocycles. The highest BCUT2D eigenvalue weighted by atomic mass is 16.5. The number of morpholine rings is 1. The van der Waals surface area contributed by atoms with Crippen LogP contribution in [-0.2, 0) is 9.53 Å². The van der Waals surface area contributed by atoms with Gasteiger partial charge in [0.15, 0.2) is 0 Å². The van der Waals surface area contributed by atoms with Crippen molar-refractivity contribution in [1.29, 1.82) is 5.26 Å². The quantitative estimate of drug-likeness (QED) is 0.766. The molecule has 0 spiro atoms. The zero-order chi connectivity index (χ0) is 15.3. The smallest absolute Gasteiger partial charge is 0.239 e. The molecule has 0 aromatic rings. The number of hydrogen-bond donors (Lipinski definition) is 0. The summed E-state index contributed by atoms with van der Waals surface area (Å²) in [5.74, 6) is 0.348. The largest absolute Gasteiger partial charge is 0.373 e. The summed E-state index contributed by atoms with van der Waals surface area (Å²) in [5.41, 5.74) is 0. The van der Waals surface area contributed by atoms with Crippen molar-refractivity contribution >= 4 is 5.91 Å². The predicted octanol–water partition coefficient (Wildman–Crippen LogP) is 1.49. The number of rotatable bonds is 5. The maximum Gasteiger partial charge on any atom is 0.239 e. The maximum absolute atomic E-state index is 12.6. The third kappa shape index (κ3) is 4.46. The molecule has 0 unspecified atom stereocenters. The number of amides is 1. The lowest BCUT2D eigenvalue weighted by molar-refractivity contribution is -0.144. The Morgan fingerprint density at radius 1 is 1.40 bits per heavy atom. The van der Waals surface area contributed by atoms with Crippen molar-refractivity contribution < 1.29 is 9.53 Å². The van der Waals surface area contributed by atoms with Crippen LogP contribution in [0.25, 0.3) is 0 Å². The van der Waals surface area contributed by atoms with E-state index in [1.54, 1.807) is 11.9 Å². The molecule has 1 aliphatic heterocycles. The van der Waals surface area contributed by atoms with E-state index in [1.807, 2.05) is 13.8 Å². The van der Waals surface area contributed by atoms with Gasteiger partial charge in [0, 0.05) is 26.7 Å². The Morgan fingerprint density at radius 3 is 2.40 bits per heavy atom. The van der Waals surface area contributed by atoms with Crippen molar-refractivity contribution in [2.75, 3.05) is 26.7 Å². The fraction of sp³-hybridized carbons (Fsp3) is 0.867. The summed E-state index contributed by atoms with van der Waals surface area (Å²) >= 11 is 0. The number of carbonyl (C=O) groups is 1. The Balaban J connectivity index is 2.77. The Kier molecular flexibility index (Phi) is 6.44. The van der Waals surface area contributed by atoms with Crippen LogP contribution in [0.3, 0.4) is 0 Å². The maximum atomic E-state index is 12.6. The fourth-order valence-electron chi connectivity index (χ4n) is 2.86. The number of likely N-dealkylation sites (N-methyl/N-ethyl adjacent to an activating group) is 1. The first kappa shape index (κ1) is 16.9. The van der Waals surface area contributed by atoms with Crippen LogP contribution >= 0.6 is 0 Å². The van der Waals surface area contributed by atoms with Crippen LogP contribution in [0.4, 0.5) is 0 Å². The molecule has 1 amide bonds. The van der Waals surface area contributed by atoms with Crippen LogP contribution in [0.2, 0.25) is 0 Å². The van der Waals surface area contributed by atoms with E-state index in [0.29, 0.717) is 13.0 Å². The lowest BCUT2D eigenvalue weighted by atomic mass is 9.99. The topological polar surface area (TPSA) is 56.6 Å². The van der Waals surface area contributed by atoms with Crippen molar-refractivity contribution in [3.63, 3.8) is 0 Å². The van der Waals surface area contributed by atoms with Gasteiger partial charge in [0.05, 0.1) is 30.7 Å². The molecule has 1 saturated heterocycles. The van der Waals surface area contributed by atoms with Gasteiger partial charge in [0.1, 0.15) is 0 Å². The minimum Gasteiger partial charge on any atom is -0.373 e. The first-order chi connectivity index (χ1) is 9.36. The Hall–Kier alpha value is -1.12. The molecule has 0 aliphatic carbocycles. The van der Waals surface area contributed by atoms with Crippen molar-refractivity contribution in [3.8, 4) is 6.07 Å². The van der Waals surface area contributed by atoms with Crippen LogP contribution in [0.1, 0.15) is 34.1 Å². The first-order valence-corrected chi connectivity index (χ1v) is 7.38. The van der Waals surface area contributed by atoms with Crippen LogP contribution in [0.5, 0.6) is 0 Å². The Morgan fingerprint density at radius 2 is 1.95 bits per heavy atom. The van der Waals surface area contributed by atoms with Gasteiger partial charge in [-0.15, -0.1) is 0 Å². The summed E-state index contributed by atoms with van der Waals surface area (Å²) < 4.78 is 5.74. The monoisotopic (exact) mass is 281 g/mol. The average molecular weight is 281 g/mol. The molecule has 0 aromatic carbocycles. The van der Waals surface area contributed by atoms with Gasteiger partial charge < -0.3 is 9.64 Å². The van der Waals surface area contributed by atoms with E-state index < -0.39 is 0 Å². The third-order valence-electron chi connectivity index (χ3n) is 3.66. The zero-order valence-electron chi connectivity index (χ0n) is 13.3. The molecular formula is C15H27N3O2. The summed E-state index contributed by atoms with van der Waals surface area (Å²) in [6.45, 7) is 10.3. The van der Waals surface area contributed by atoms with Gasteiger partial charge in [-0.2, -0.15) is 5.26 Å². The fourth-order valence-corrected chi connectivity index (χ4v) is 2.86. The lowest BCUT2D eigenvalue weighted by Gasteiger charge is -2.42. The molecule has 1 rings (SSSR count). The van der Waals surface area contributed by atoms with Gasteiger partial charge >= 0.3 is 0 Å². The number of ether oxygens (including phenoxy) is 1. The second-order valence-corrected chi connectivity index (χ2v) is 6.07. The van der Waals surface area contributed by atoms with Crippen LogP contribution in [-0.4, -0.2) is 60.6 Å². The molecular weight excluding hydrogens is 254 g/mol. The SMILES string of the molecule is CC(C)[C@H](C(=O)N(C)CCC#N)N1C[C@@H](C)O[C@H](C)C1. The van der Waals surface area contributed by atoms with Crippen LogP contribution < -0.4 is 0 Å². The summed E-state index contributed by atoms with van der Waals surface area (Å²) in [6, 6.07) is 1.96.